The van der Waals surface area contributed by atoms with E-state index in [1.54, 1.807) is 6.33 Å². The van der Waals surface area contributed by atoms with Crippen molar-refractivity contribution in [1.82, 2.24) is 19.5 Å². The third kappa shape index (κ3) is 2.72. The van der Waals surface area contributed by atoms with Gasteiger partial charge in [0.15, 0.2) is 29.0 Å². The Kier molecular flexibility index (Phi) is 3.84. The first-order chi connectivity index (χ1) is 13.6. The van der Waals surface area contributed by atoms with E-state index < -0.39 is 18.1 Å². The van der Waals surface area contributed by atoms with Crippen molar-refractivity contribution in [3.8, 4) is 12.3 Å². The van der Waals surface area contributed by atoms with Crippen LogP contribution in [0, 0.1) is 12.3 Å². The second kappa shape index (κ2) is 6.27. The second-order valence-electron chi connectivity index (χ2n) is 7.22. The molecule has 0 bridgehead atoms. The predicted octanol–water partition coefficient (Wildman–Crippen LogP) is 2.62. The highest BCUT2D eigenvalue weighted by Gasteiger charge is 2.55. The molecule has 2 fully saturated rings. The Morgan fingerprint density at radius 2 is 1.89 bits per heavy atom. The number of imidazole rings is 1. The Balaban J connectivity index is 1.52. The van der Waals surface area contributed by atoms with Crippen molar-refractivity contribution in [3.63, 3.8) is 0 Å². The predicted molar refractivity (Wildman–Crippen MR) is 102 cm³/mol. The maximum atomic E-state index is 6.07. The third-order valence-corrected chi connectivity index (χ3v) is 4.86. The summed E-state index contributed by atoms with van der Waals surface area (Å²) in [6.07, 6.45) is 7.13. The molecule has 3 aromatic rings. The Bertz CT molecular complexity index is 1060. The minimum atomic E-state index is -0.724. The number of terminal acetylenes is 1. The summed E-state index contributed by atoms with van der Waals surface area (Å²) < 4.78 is 19.9. The summed E-state index contributed by atoms with van der Waals surface area (Å²) in [4.78, 5) is 13.3. The van der Waals surface area contributed by atoms with Crippen LogP contribution in [0.3, 0.4) is 0 Å². The SMILES string of the molecule is C#C[C@H]1O[C@@H](n2cnc3c(Nc4ccccc4)ncnc32)[C@@H]2OC(C)(C)O[C@@H]21. The molecule has 0 saturated carbocycles. The lowest BCUT2D eigenvalue weighted by Crippen LogP contribution is -2.28. The third-order valence-electron chi connectivity index (χ3n) is 4.86. The van der Waals surface area contributed by atoms with Crippen LogP contribution >= 0.6 is 0 Å². The zero-order valence-electron chi connectivity index (χ0n) is 15.4. The van der Waals surface area contributed by atoms with Gasteiger partial charge in [0.25, 0.3) is 0 Å². The van der Waals surface area contributed by atoms with E-state index in [4.69, 9.17) is 20.6 Å². The smallest absolute Gasteiger partial charge is 0.167 e. The summed E-state index contributed by atoms with van der Waals surface area (Å²) >= 11 is 0. The zero-order valence-corrected chi connectivity index (χ0v) is 15.4. The molecule has 8 heteroatoms. The number of hydrogen-bond donors (Lipinski definition) is 1. The van der Waals surface area contributed by atoms with Crippen molar-refractivity contribution in [2.75, 3.05) is 5.32 Å². The summed E-state index contributed by atoms with van der Waals surface area (Å²) in [6, 6.07) is 9.77. The fourth-order valence-corrected chi connectivity index (χ4v) is 3.72. The highest BCUT2D eigenvalue weighted by molar-refractivity contribution is 5.85. The molecule has 142 valence electrons. The number of nitrogens with zero attached hydrogens (tertiary/aromatic N) is 4. The Morgan fingerprint density at radius 3 is 2.68 bits per heavy atom. The summed E-state index contributed by atoms with van der Waals surface area (Å²) in [5, 5.41) is 3.27. The lowest BCUT2D eigenvalue weighted by molar-refractivity contribution is -0.190. The molecular weight excluding hydrogens is 358 g/mol. The molecule has 0 amide bonds. The number of nitrogens with one attached hydrogen (secondary N) is 1. The number of ether oxygens (including phenoxy) is 3. The number of rotatable bonds is 3. The molecule has 1 N–H and O–H groups in total. The zero-order chi connectivity index (χ0) is 19.3. The molecule has 1 aromatic carbocycles. The van der Waals surface area contributed by atoms with E-state index in [0.717, 1.165) is 5.69 Å². The van der Waals surface area contributed by atoms with Gasteiger partial charge in [0.1, 0.15) is 24.6 Å². The lowest BCUT2D eigenvalue weighted by atomic mass is 10.1. The molecule has 5 rings (SSSR count). The fraction of sp³-hybridized carbons (Fsp3) is 0.350. The number of aromatic nitrogens is 4. The Morgan fingerprint density at radius 1 is 1.11 bits per heavy atom. The van der Waals surface area contributed by atoms with Crippen molar-refractivity contribution in [3.05, 3.63) is 43.0 Å². The average Bonchev–Trinajstić information content (AvgIpc) is 3.33. The molecule has 2 aliphatic rings. The van der Waals surface area contributed by atoms with Gasteiger partial charge in [-0.3, -0.25) is 4.57 Å². The summed E-state index contributed by atoms with van der Waals surface area (Å²) in [7, 11) is 0. The van der Waals surface area contributed by atoms with Gasteiger partial charge in [-0.25, -0.2) is 15.0 Å². The molecule has 0 unspecified atom stereocenters. The number of benzene rings is 1. The van der Waals surface area contributed by atoms with Crippen LogP contribution in [0.25, 0.3) is 11.2 Å². The molecule has 2 saturated heterocycles. The van der Waals surface area contributed by atoms with Gasteiger partial charge < -0.3 is 19.5 Å². The van der Waals surface area contributed by atoms with Gasteiger partial charge in [-0.05, 0) is 26.0 Å². The molecule has 0 aliphatic carbocycles. The van der Waals surface area contributed by atoms with Gasteiger partial charge in [-0.15, -0.1) is 6.42 Å². The quantitative estimate of drug-likeness (QED) is 0.703. The second-order valence-corrected chi connectivity index (χ2v) is 7.22. The Labute approximate surface area is 161 Å². The van der Waals surface area contributed by atoms with E-state index in [1.807, 2.05) is 48.7 Å². The van der Waals surface area contributed by atoms with E-state index in [0.29, 0.717) is 17.0 Å². The van der Waals surface area contributed by atoms with Crippen molar-refractivity contribution in [1.29, 1.82) is 0 Å². The standard InChI is InChI=1S/C20H19N5O3/c1-4-13-15-16(28-20(2,3)27-15)19(26-13)25-11-23-14-17(21-10-22-18(14)25)24-12-8-6-5-7-9-12/h1,5-11,13,15-16,19H,2-3H3,(H,21,22,24)/t13-,15-,16-,19-/m1/s1. The van der Waals surface area contributed by atoms with Gasteiger partial charge in [0.05, 0.1) is 6.33 Å². The largest absolute Gasteiger partial charge is 0.341 e. The first kappa shape index (κ1) is 17.1. The first-order valence-corrected chi connectivity index (χ1v) is 9.02. The number of para-hydroxylation sites is 1. The van der Waals surface area contributed by atoms with Gasteiger partial charge >= 0.3 is 0 Å². The van der Waals surface area contributed by atoms with Crippen LogP contribution in [0.15, 0.2) is 43.0 Å². The Hall–Kier alpha value is -2.99. The molecular formula is C20H19N5O3. The normalized spacial score (nSPS) is 28.2. The van der Waals surface area contributed by atoms with E-state index in [1.165, 1.54) is 6.33 Å². The van der Waals surface area contributed by atoms with Crippen LogP contribution in [0.5, 0.6) is 0 Å². The summed E-state index contributed by atoms with van der Waals surface area (Å²) in [6.45, 7) is 3.73. The monoisotopic (exact) mass is 377 g/mol. The number of anilines is 2. The molecule has 4 heterocycles. The van der Waals surface area contributed by atoms with Crippen molar-refractivity contribution < 1.29 is 14.2 Å². The molecule has 2 aromatic heterocycles. The van der Waals surface area contributed by atoms with Crippen molar-refractivity contribution >= 4 is 22.7 Å². The molecule has 0 radical (unpaired) electrons. The van der Waals surface area contributed by atoms with Crippen molar-refractivity contribution in [2.24, 2.45) is 0 Å². The first-order valence-electron chi connectivity index (χ1n) is 9.02. The summed E-state index contributed by atoms with van der Waals surface area (Å²) in [5.41, 5.74) is 2.17. The maximum absolute atomic E-state index is 6.07. The topological polar surface area (TPSA) is 83.3 Å². The number of fused-ring (bicyclic) bond motifs is 2. The maximum Gasteiger partial charge on any atom is 0.167 e. The minimum Gasteiger partial charge on any atom is -0.341 e. The van der Waals surface area contributed by atoms with Crippen LogP contribution in [0.2, 0.25) is 0 Å². The van der Waals surface area contributed by atoms with Crippen LogP contribution < -0.4 is 5.32 Å². The lowest BCUT2D eigenvalue weighted by Gasteiger charge is -2.23. The molecule has 2 aliphatic heterocycles. The molecule has 0 spiro atoms. The molecule has 4 atom stereocenters. The van der Waals surface area contributed by atoms with Crippen LogP contribution in [0.1, 0.15) is 20.1 Å². The van der Waals surface area contributed by atoms with E-state index >= 15 is 0 Å². The highest BCUT2D eigenvalue weighted by Crippen LogP contribution is 2.43. The van der Waals surface area contributed by atoms with Crippen LogP contribution in [0.4, 0.5) is 11.5 Å². The van der Waals surface area contributed by atoms with E-state index in [2.05, 4.69) is 26.2 Å². The molecule has 28 heavy (non-hydrogen) atoms. The van der Waals surface area contributed by atoms with Crippen molar-refractivity contribution in [2.45, 2.75) is 44.2 Å². The van der Waals surface area contributed by atoms with Gasteiger partial charge in [0.2, 0.25) is 0 Å². The average molecular weight is 377 g/mol. The van der Waals surface area contributed by atoms with Crippen LogP contribution in [-0.2, 0) is 14.2 Å². The van der Waals surface area contributed by atoms with E-state index in [9.17, 15) is 0 Å². The van der Waals surface area contributed by atoms with Crippen LogP contribution in [-0.4, -0.2) is 43.6 Å². The highest BCUT2D eigenvalue weighted by atomic mass is 16.8. The molecule has 8 nitrogen and oxygen atoms in total. The summed E-state index contributed by atoms with van der Waals surface area (Å²) in [5.74, 6) is 2.54. The van der Waals surface area contributed by atoms with Gasteiger partial charge in [-0.1, -0.05) is 24.1 Å². The minimum absolute atomic E-state index is 0.341. The fourth-order valence-electron chi connectivity index (χ4n) is 3.72. The van der Waals surface area contributed by atoms with E-state index in [-0.39, 0.29) is 12.2 Å². The van der Waals surface area contributed by atoms with Gasteiger partial charge in [-0.2, -0.15) is 0 Å². The van der Waals surface area contributed by atoms with Gasteiger partial charge in [0, 0.05) is 5.69 Å². The number of hydrogen-bond acceptors (Lipinski definition) is 7.